The second kappa shape index (κ2) is 12.8. The number of hydrogen-bond donors (Lipinski definition) is 1. The number of thioether (sulfide) groups is 1. The minimum atomic E-state index is -1.00. The normalized spacial score (nSPS) is 16.3. The zero-order valence-electron chi connectivity index (χ0n) is 24.8. The van der Waals surface area contributed by atoms with Crippen molar-refractivity contribution in [2.45, 2.75) is 43.3 Å². The number of amides is 1. The van der Waals surface area contributed by atoms with Gasteiger partial charge in [-0.05, 0) is 66.8 Å². The molecule has 4 heterocycles. The first-order valence-electron chi connectivity index (χ1n) is 14.4. The molecule has 0 bridgehead atoms. The van der Waals surface area contributed by atoms with Crippen LogP contribution in [0.2, 0.25) is 0 Å². The van der Waals surface area contributed by atoms with E-state index in [-0.39, 0.29) is 22.3 Å². The van der Waals surface area contributed by atoms with E-state index in [0.717, 1.165) is 23.3 Å². The maximum atomic E-state index is 13.8. The number of ketones is 1. The van der Waals surface area contributed by atoms with E-state index < -0.39 is 17.7 Å². The number of pyridine rings is 1. The molecule has 1 unspecified atom stereocenters. The number of imidazole rings is 1. The average molecular weight is 644 g/mol. The first-order valence-corrected chi connectivity index (χ1v) is 16.2. The second-order valence-electron chi connectivity index (χ2n) is 11.0. The maximum Gasteiger partial charge on any atom is 0.301 e. The van der Waals surface area contributed by atoms with E-state index in [1.165, 1.54) is 28.8 Å². The quantitative estimate of drug-likeness (QED) is 0.0571. The van der Waals surface area contributed by atoms with Crippen LogP contribution in [0.4, 0.5) is 9.52 Å². The van der Waals surface area contributed by atoms with Crippen LogP contribution in [0.1, 0.15) is 48.8 Å². The van der Waals surface area contributed by atoms with E-state index in [1.807, 2.05) is 12.1 Å². The van der Waals surface area contributed by atoms with Gasteiger partial charge in [0.2, 0.25) is 5.13 Å². The summed E-state index contributed by atoms with van der Waals surface area (Å²) in [6, 6.07) is 17.8. The number of hydrogen-bond acceptors (Lipinski definition) is 9. The molecule has 0 spiro atoms. The van der Waals surface area contributed by atoms with E-state index >= 15 is 0 Å². The van der Waals surface area contributed by atoms with Crippen molar-refractivity contribution in [3.8, 4) is 5.75 Å². The number of Topliss-reactive ketones (excluding diaryl/α,β-unsaturated/α-hetero) is 1. The van der Waals surface area contributed by atoms with Crippen molar-refractivity contribution in [1.29, 1.82) is 0 Å². The summed E-state index contributed by atoms with van der Waals surface area (Å²) in [5.74, 6) is -0.765. The number of benzene rings is 2. The first kappa shape index (κ1) is 30.5. The summed E-state index contributed by atoms with van der Waals surface area (Å²) < 4.78 is 21.6. The van der Waals surface area contributed by atoms with Crippen LogP contribution in [0.15, 0.2) is 82.8 Å². The van der Waals surface area contributed by atoms with E-state index in [1.54, 1.807) is 60.0 Å². The number of fused-ring (bicyclic) bond motifs is 1. The van der Waals surface area contributed by atoms with Gasteiger partial charge < -0.3 is 9.84 Å². The van der Waals surface area contributed by atoms with Gasteiger partial charge in [0.1, 0.15) is 22.9 Å². The van der Waals surface area contributed by atoms with Gasteiger partial charge >= 0.3 is 5.91 Å². The third-order valence-electron chi connectivity index (χ3n) is 7.39. The smallest absolute Gasteiger partial charge is 0.301 e. The topological polar surface area (TPSA) is 110 Å². The van der Waals surface area contributed by atoms with E-state index in [2.05, 4.69) is 29.0 Å². The fourth-order valence-electron chi connectivity index (χ4n) is 5.14. The monoisotopic (exact) mass is 643 g/mol. The van der Waals surface area contributed by atoms with Gasteiger partial charge in [0, 0.05) is 11.9 Å². The summed E-state index contributed by atoms with van der Waals surface area (Å²) in [7, 11) is 0. The van der Waals surface area contributed by atoms with Crippen LogP contribution >= 0.6 is 23.1 Å². The minimum absolute atomic E-state index is 0.0798. The minimum Gasteiger partial charge on any atom is -0.505 e. The molecule has 0 saturated carbocycles. The molecule has 12 heteroatoms. The lowest BCUT2D eigenvalue weighted by molar-refractivity contribution is -0.132. The Kier molecular flexibility index (Phi) is 8.68. The number of ether oxygens (including phenoxy) is 1. The highest BCUT2D eigenvalue weighted by molar-refractivity contribution is 8.00. The molecule has 1 fully saturated rings. The maximum absolute atomic E-state index is 13.8. The van der Waals surface area contributed by atoms with Gasteiger partial charge in [0.25, 0.3) is 5.78 Å². The number of aliphatic hydroxyl groups excluding tert-OH is 1. The number of carbonyl (C=O) groups is 2. The van der Waals surface area contributed by atoms with E-state index in [9.17, 15) is 19.1 Å². The average Bonchev–Trinajstić information content (AvgIpc) is 3.70. The molecule has 230 valence electrons. The molecule has 1 atom stereocenters. The highest BCUT2D eigenvalue weighted by Crippen LogP contribution is 2.45. The lowest BCUT2D eigenvalue weighted by Crippen LogP contribution is -2.29. The zero-order chi connectivity index (χ0) is 31.7. The molecule has 9 nitrogen and oxygen atoms in total. The molecule has 2 aromatic carbocycles. The lowest BCUT2D eigenvalue weighted by Gasteiger charge is -2.23. The molecule has 5 aromatic rings. The van der Waals surface area contributed by atoms with Crippen molar-refractivity contribution >= 4 is 51.3 Å². The Balaban J connectivity index is 1.42. The summed E-state index contributed by atoms with van der Waals surface area (Å²) in [5, 5.41) is 20.6. The summed E-state index contributed by atoms with van der Waals surface area (Å²) >= 11 is 2.55. The van der Waals surface area contributed by atoms with E-state index in [4.69, 9.17) is 4.74 Å². The highest BCUT2D eigenvalue weighted by atomic mass is 32.2. The van der Waals surface area contributed by atoms with Gasteiger partial charge in [0.05, 0.1) is 23.9 Å². The van der Waals surface area contributed by atoms with Crippen LogP contribution in [-0.2, 0) is 15.3 Å². The predicted molar refractivity (Wildman–Crippen MR) is 172 cm³/mol. The van der Waals surface area contributed by atoms with Gasteiger partial charge in [-0.15, -0.1) is 10.2 Å². The number of anilines is 1. The zero-order valence-corrected chi connectivity index (χ0v) is 26.4. The van der Waals surface area contributed by atoms with Crippen molar-refractivity contribution in [2.24, 2.45) is 5.92 Å². The van der Waals surface area contributed by atoms with Crippen LogP contribution in [0.25, 0.3) is 11.4 Å². The fourth-order valence-corrected chi connectivity index (χ4v) is 6.97. The molecular weight excluding hydrogens is 614 g/mol. The number of aliphatic hydroxyl groups is 1. The van der Waals surface area contributed by atoms with Crippen LogP contribution < -0.4 is 9.64 Å². The van der Waals surface area contributed by atoms with Crippen LogP contribution in [0.3, 0.4) is 0 Å². The molecule has 0 aliphatic carbocycles. The molecule has 3 aromatic heterocycles. The molecule has 1 N–H and O–H groups in total. The Labute approximate surface area is 267 Å². The van der Waals surface area contributed by atoms with Gasteiger partial charge in [-0.1, -0.05) is 67.3 Å². The van der Waals surface area contributed by atoms with Gasteiger partial charge in [0.15, 0.2) is 10.1 Å². The molecule has 0 radical (unpaired) electrons. The summed E-state index contributed by atoms with van der Waals surface area (Å²) in [6.07, 6.45) is 2.60. The Bertz CT molecular complexity index is 1920. The summed E-state index contributed by atoms with van der Waals surface area (Å²) in [4.78, 5) is 33.4. The number of aryl methyl sites for hydroxylation is 1. The Morgan fingerprint density at radius 2 is 1.89 bits per heavy atom. The second-order valence-corrected chi connectivity index (χ2v) is 13.2. The molecule has 45 heavy (non-hydrogen) atoms. The number of carbonyl (C=O) groups excluding carboxylic acids is 2. The predicted octanol–water partition coefficient (Wildman–Crippen LogP) is 6.98. The Hall–Kier alpha value is -4.55. The van der Waals surface area contributed by atoms with Crippen molar-refractivity contribution in [2.75, 3.05) is 11.5 Å². The van der Waals surface area contributed by atoms with Crippen molar-refractivity contribution in [3.63, 3.8) is 0 Å². The molecule has 1 amide bonds. The standard InChI is InChI=1S/C33H30FN5O4S2/c1-19(2)14-16-43-24-8-6-7-22(17-24)28-26(29(40)27-20(3)35-25-9-4-5-15-38(25)27)30(41)31(42)39(28)32-36-37-33(45-32)44-18-21-10-12-23(34)13-11-21/h4-13,15,17,19,28,40H,14,16,18H2,1-3H3/b29-26+. The molecule has 1 aliphatic rings. The van der Waals surface area contributed by atoms with Gasteiger partial charge in [-0.25, -0.2) is 9.37 Å². The Morgan fingerprint density at radius 3 is 2.67 bits per heavy atom. The number of nitrogens with zero attached hydrogens (tertiary/aromatic N) is 5. The van der Waals surface area contributed by atoms with Crippen LogP contribution in [0.5, 0.6) is 5.75 Å². The number of rotatable bonds is 10. The number of halogens is 1. The van der Waals surface area contributed by atoms with Gasteiger partial charge in [-0.2, -0.15) is 0 Å². The molecular formula is C33H30FN5O4S2. The summed E-state index contributed by atoms with van der Waals surface area (Å²) in [5.41, 5.74) is 2.81. The van der Waals surface area contributed by atoms with Crippen molar-refractivity contribution in [3.05, 3.63) is 107 Å². The lowest BCUT2D eigenvalue weighted by atomic mass is 9.96. The van der Waals surface area contributed by atoms with Crippen molar-refractivity contribution in [1.82, 2.24) is 19.6 Å². The third-order valence-corrected chi connectivity index (χ3v) is 9.52. The highest BCUT2D eigenvalue weighted by Gasteiger charge is 2.49. The summed E-state index contributed by atoms with van der Waals surface area (Å²) in [6.45, 7) is 6.48. The van der Waals surface area contributed by atoms with Crippen LogP contribution in [-0.4, -0.2) is 43.0 Å². The Morgan fingerprint density at radius 1 is 1.09 bits per heavy atom. The molecule has 1 aliphatic heterocycles. The van der Waals surface area contributed by atoms with Crippen molar-refractivity contribution < 1.29 is 23.8 Å². The van der Waals surface area contributed by atoms with Gasteiger partial charge in [-0.3, -0.25) is 18.9 Å². The van der Waals surface area contributed by atoms with E-state index in [0.29, 0.717) is 51.0 Å². The molecule has 6 rings (SSSR count). The largest absolute Gasteiger partial charge is 0.505 e. The third kappa shape index (κ3) is 6.20. The van der Waals surface area contributed by atoms with Crippen LogP contribution in [0, 0.1) is 18.7 Å². The SMILES string of the molecule is Cc1nc2ccccn2c1/C(O)=C1\C(=O)C(=O)N(c2nnc(SCc3ccc(F)cc3)s2)C1c1cccc(OCCC(C)C)c1. The first-order chi connectivity index (χ1) is 21.7. The molecule has 1 saturated heterocycles. The number of aromatic nitrogens is 4. The fraction of sp³-hybridized carbons (Fsp3) is 0.242.